The van der Waals surface area contributed by atoms with Gasteiger partial charge in [0.25, 0.3) is 0 Å². The first kappa shape index (κ1) is 14.3. The van der Waals surface area contributed by atoms with Crippen LogP contribution in [0.1, 0.15) is 46.2 Å². The van der Waals surface area contributed by atoms with Gasteiger partial charge in [0.1, 0.15) is 0 Å². The van der Waals surface area contributed by atoms with Crippen molar-refractivity contribution >= 4 is 5.82 Å². The zero-order valence-electron chi connectivity index (χ0n) is 12.6. The highest BCUT2D eigenvalue weighted by Crippen LogP contribution is 2.20. The molecule has 1 saturated heterocycles. The highest BCUT2D eigenvalue weighted by atomic mass is 15.3. The van der Waals surface area contributed by atoms with E-state index in [1.165, 1.54) is 12.8 Å². The van der Waals surface area contributed by atoms with E-state index in [0.717, 1.165) is 37.1 Å². The van der Waals surface area contributed by atoms with Crippen LogP contribution in [-0.2, 0) is 6.54 Å². The lowest BCUT2D eigenvalue weighted by Gasteiger charge is -2.31. The van der Waals surface area contributed by atoms with Gasteiger partial charge < -0.3 is 10.2 Å². The van der Waals surface area contributed by atoms with E-state index in [0.29, 0.717) is 0 Å². The Morgan fingerprint density at radius 1 is 1.32 bits per heavy atom. The maximum Gasteiger partial charge on any atom is 0.151 e. The van der Waals surface area contributed by atoms with Gasteiger partial charge in [-0.15, -0.1) is 5.10 Å². The van der Waals surface area contributed by atoms with Crippen LogP contribution in [0.3, 0.4) is 0 Å². The monoisotopic (exact) mass is 262 g/mol. The van der Waals surface area contributed by atoms with Crippen LogP contribution in [0.2, 0.25) is 0 Å². The normalized spacial score (nSPS) is 20.6. The van der Waals surface area contributed by atoms with E-state index in [9.17, 15) is 0 Å². The number of nitrogens with one attached hydrogen (secondary N) is 1. The zero-order valence-corrected chi connectivity index (χ0v) is 12.6. The topological polar surface area (TPSA) is 41.0 Å². The summed E-state index contributed by atoms with van der Waals surface area (Å²) in [6, 6.07) is 4.19. The minimum absolute atomic E-state index is 0.114. The minimum Gasteiger partial charge on any atom is -0.355 e. The van der Waals surface area contributed by atoms with E-state index >= 15 is 0 Å². The molecule has 4 heteroatoms. The number of hydrogen-bond acceptors (Lipinski definition) is 4. The first-order valence-corrected chi connectivity index (χ1v) is 7.26. The van der Waals surface area contributed by atoms with Crippen molar-refractivity contribution in [2.75, 3.05) is 18.0 Å². The van der Waals surface area contributed by atoms with E-state index < -0.39 is 0 Å². The summed E-state index contributed by atoms with van der Waals surface area (Å²) in [5.74, 6) is 1.78. The van der Waals surface area contributed by atoms with E-state index in [4.69, 9.17) is 0 Å². The molecule has 0 spiro atoms. The van der Waals surface area contributed by atoms with Crippen LogP contribution in [0.15, 0.2) is 12.1 Å². The van der Waals surface area contributed by atoms with Gasteiger partial charge in [-0.1, -0.05) is 6.92 Å². The van der Waals surface area contributed by atoms with Crippen molar-refractivity contribution in [1.82, 2.24) is 15.5 Å². The summed E-state index contributed by atoms with van der Waals surface area (Å²) in [5.41, 5.74) is 1.12. The fraction of sp³-hybridized carbons (Fsp3) is 0.733. The van der Waals surface area contributed by atoms with Crippen molar-refractivity contribution in [2.24, 2.45) is 5.92 Å². The number of piperidine rings is 1. The summed E-state index contributed by atoms with van der Waals surface area (Å²) in [6.45, 7) is 11.8. The third-order valence-corrected chi connectivity index (χ3v) is 3.49. The van der Waals surface area contributed by atoms with Crippen molar-refractivity contribution in [3.8, 4) is 0 Å². The van der Waals surface area contributed by atoms with Crippen molar-refractivity contribution < 1.29 is 0 Å². The lowest BCUT2D eigenvalue weighted by molar-refractivity contribution is 0.419. The lowest BCUT2D eigenvalue weighted by atomic mass is 10.0. The summed E-state index contributed by atoms with van der Waals surface area (Å²) in [4.78, 5) is 2.35. The summed E-state index contributed by atoms with van der Waals surface area (Å²) in [5, 5.41) is 12.1. The minimum atomic E-state index is 0.114. The van der Waals surface area contributed by atoms with Crippen molar-refractivity contribution in [3.63, 3.8) is 0 Å². The molecule has 0 saturated carbocycles. The average molecular weight is 262 g/mol. The Hall–Kier alpha value is -1.16. The van der Waals surface area contributed by atoms with Crippen LogP contribution in [0.25, 0.3) is 0 Å². The number of rotatable bonds is 3. The Kier molecular flexibility index (Phi) is 4.40. The maximum absolute atomic E-state index is 4.37. The van der Waals surface area contributed by atoms with Crippen LogP contribution in [0, 0.1) is 5.92 Å². The molecule has 0 aromatic carbocycles. The number of aromatic nitrogens is 2. The molecule has 1 fully saturated rings. The molecule has 2 rings (SSSR count). The predicted molar refractivity (Wildman–Crippen MR) is 79.2 cm³/mol. The molecule has 4 nitrogen and oxygen atoms in total. The highest BCUT2D eigenvalue weighted by molar-refractivity contribution is 5.37. The van der Waals surface area contributed by atoms with Crippen LogP contribution < -0.4 is 10.2 Å². The predicted octanol–water partition coefficient (Wildman–Crippen LogP) is 2.60. The van der Waals surface area contributed by atoms with E-state index in [1.54, 1.807) is 0 Å². The molecule has 1 aliphatic rings. The quantitative estimate of drug-likeness (QED) is 0.909. The number of hydrogen-bond donors (Lipinski definition) is 1. The molecule has 1 aromatic heterocycles. The Balaban J connectivity index is 1.94. The Bertz CT molecular complexity index is 394. The van der Waals surface area contributed by atoms with E-state index in [-0.39, 0.29) is 5.54 Å². The fourth-order valence-electron chi connectivity index (χ4n) is 2.37. The third-order valence-electron chi connectivity index (χ3n) is 3.49. The van der Waals surface area contributed by atoms with Crippen molar-refractivity contribution in [3.05, 3.63) is 17.8 Å². The highest BCUT2D eigenvalue weighted by Gasteiger charge is 2.17. The van der Waals surface area contributed by atoms with Crippen LogP contribution >= 0.6 is 0 Å². The third kappa shape index (κ3) is 4.46. The van der Waals surface area contributed by atoms with E-state index in [2.05, 4.69) is 60.2 Å². The summed E-state index contributed by atoms with van der Waals surface area (Å²) in [7, 11) is 0. The van der Waals surface area contributed by atoms with Crippen LogP contribution in [0.4, 0.5) is 5.82 Å². The molecule has 0 amide bonds. The number of anilines is 1. The summed E-state index contributed by atoms with van der Waals surface area (Å²) >= 11 is 0. The lowest BCUT2D eigenvalue weighted by Crippen LogP contribution is -2.36. The molecule has 2 heterocycles. The van der Waals surface area contributed by atoms with Crippen LogP contribution in [0.5, 0.6) is 0 Å². The smallest absolute Gasteiger partial charge is 0.151 e. The fourth-order valence-corrected chi connectivity index (χ4v) is 2.37. The molecule has 1 unspecified atom stereocenters. The number of nitrogens with zero attached hydrogens (tertiary/aromatic N) is 3. The second kappa shape index (κ2) is 5.87. The Morgan fingerprint density at radius 2 is 2.11 bits per heavy atom. The van der Waals surface area contributed by atoms with Gasteiger partial charge in [-0.2, -0.15) is 5.10 Å². The molecule has 106 valence electrons. The van der Waals surface area contributed by atoms with Gasteiger partial charge in [-0.3, -0.25) is 0 Å². The largest absolute Gasteiger partial charge is 0.355 e. The molecule has 0 aliphatic carbocycles. The van der Waals surface area contributed by atoms with Gasteiger partial charge in [0.05, 0.1) is 5.69 Å². The molecular formula is C15H26N4. The first-order chi connectivity index (χ1) is 8.94. The molecule has 0 radical (unpaired) electrons. The molecule has 1 N–H and O–H groups in total. The van der Waals surface area contributed by atoms with Gasteiger partial charge in [-0.25, -0.2) is 0 Å². The Morgan fingerprint density at radius 3 is 2.68 bits per heavy atom. The second-order valence-electron chi connectivity index (χ2n) is 6.68. The maximum atomic E-state index is 4.37. The molecule has 1 aliphatic heterocycles. The Labute approximate surface area is 116 Å². The van der Waals surface area contributed by atoms with Gasteiger partial charge >= 0.3 is 0 Å². The first-order valence-electron chi connectivity index (χ1n) is 7.26. The molecular weight excluding hydrogens is 236 g/mol. The van der Waals surface area contributed by atoms with Gasteiger partial charge in [0.2, 0.25) is 0 Å². The van der Waals surface area contributed by atoms with Gasteiger partial charge in [0, 0.05) is 25.2 Å². The van der Waals surface area contributed by atoms with E-state index in [1.807, 2.05) is 0 Å². The molecule has 19 heavy (non-hydrogen) atoms. The molecule has 1 atom stereocenters. The zero-order chi connectivity index (χ0) is 13.9. The van der Waals surface area contributed by atoms with Gasteiger partial charge in [-0.05, 0) is 51.7 Å². The molecule has 1 aromatic rings. The molecule has 0 bridgehead atoms. The van der Waals surface area contributed by atoms with Gasteiger partial charge in [0.15, 0.2) is 5.82 Å². The van der Waals surface area contributed by atoms with Crippen molar-refractivity contribution in [1.29, 1.82) is 0 Å². The summed E-state index contributed by atoms with van der Waals surface area (Å²) < 4.78 is 0. The SMILES string of the molecule is CC1CCCN(c2ccc(CNC(C)(C)C)nn2)C1. The van der Waals surface area contributed by atoms with Crippen LogP contribution in [-0.4, -0.2) is 28.8 Å². The average Bonchev–Trinajstić information content (AvgIpc) is 2.36. The summed E-state index contributed by atoms with van der Waals surface area (Å²) in [6.07, 6.45) is 2.59. The van der Waals surface area contributed by atoms with Crippen molar-refractivity contribution in [2.45, 2.75) is 52.6 Å². The standard InChI is InChI=1S/C15H26N4/c1-12-6-5-9-19(11-12)14-8-7-13(17-18-14)10-16-15(2,3)4/h7-8,12,16H,5-6,9-11H2,1-4H3. The second-order valence-corrected chi connectivity index (χ2v) is 6.68.